The second kappa shape index (κ2) is 7.45. The quantitative estimate of drug-likeness (QED) is 0.885. The summed E-state index contributed by atoms with van der Waals surface area (Å²) in [4.78, 5) is 4.88. The van der Waals surface area contributed by atoms with E-state index in [1.807, 2.05) is 6.92 Å². The third-order valence-electron chi connectivity index (χ3n) is 4.31. The molecule has 2 N–H and O–H groups in total. The minimum absolute atomic E-state index is 0. The number of halogens is 1. The predicted molar refractivity (Wildman–Crippen MR) is 89.3 cm³/mol. The predicted octanol–water partition coefficient (Wildman–Crippen LogP) is 1.57. The van der Waals surface area contributed by atoms with E-state index >= 15 is 0 Å². The highest BCUT2D eigenvalue weighted by Crippen LogP contribution is 2.27. The SMILES string of the molecule is C[C@H](O)CN1CCN(Cc2cccc3c2NCC3)CC1.Cl. The van der Waals surface area contributed by atoms with Gasteiger partial charge >= 0.3 is 0 Å². The molecule has 0 aliphatic carbocycles. The molecule has 0 saturated carbocycles. The zero-order valence-corrected chi connectivity index (χ0v) is 13.5. The molecule has 2 aliphatic rings. The molecule has 3 rings (SSSR count). The molecule has 0 unspecified atom stereocenters. The molecule has 21 heavy (non-hydrogen) atoms. The first-order valence-corrected chi connectivity index (χ1v) is 7.70. The summed E-state index contributed by atoms with van der Waals surface area (Å²) in [5, 5.41) is 13.0. The monoisotopic (exact) mass is 311 g/mol. The van der Waals surface area contributed by atoms with Crippen LogP contribution in [0.1, 0.15) is 18.1 Å². The Bertz CT molecular complexity index is 459. The van der Waals surface area contributed by atoms with E-state index < -0.39 is 0 Å². The zero-order valence-electron chi connectivity index (χ0n) is 12.7. The third-order valence-corrected chi connectivity index (χ3v) is 4.31. The fourth-order valence-corrected chi connectivity index (χ4v) is 3.29. The zero-order chi connectivity index (χ0) is 13.9. The van der Waals surface area contributed by atoms with E-state index in [-0.39, 0.29) is 18.5 Å². The van der Waals surface area contributed by atoms with Crippen LogP contribution in [0.15, 0.2) is 18.2 Å². The van der Waals surface area contributed by atoms with E-state index in [0.717, 1.165) is 52.2 Å². The van der Waals surface area contributed by atoms with Gasteiger partial charge in [0.1, 0.15) is 0 Å². The van der Waals surface area contributed by atoms with Crippen LogP contribution < -0.4 is 5.32 Å². The highest BCUT2D eigenvalue weighted by atomic mass is 35.5. The van der Waals surface area contributed by atoms with Gasteiger partial charge in [0.2, 0.25) is 0 Å². The van der Waals surface area contributed by atoms with Crippen molar-refractivity contribution < 1.29 is 5.11 Å². The number of piperazine rings is 1. The van der Waals surface area contributed by atoms with Crippen LogP contribution in [0, 0.1) is 0 Å². The number of aliphatic hydroxyl groups is 1. The molecule has 2 heterocycles. The van der Waals surface area contributed by atoms with Gasteiger partial charge in [-0.3, -0.25) is 9.80 Å². The third kappa shape index (κ3) is 4.10. The van der Waals surface area contributed by atoms with Gasteiger partial charge in [-0.25, -0.2) is 0 Å². The Morgan fingerprint density at radius 2 is 1.90 bits per heavy atom. The lowest BCUT2D eigenvalue weighted by molar-refractivity contribution is 0.0781. The fourth-order valence-electron chi connectivity index (χ4n) is 3.29. The molecule has 1 fully saturated rings. The largest absolute Gasteiger partial charge is 0.392 e. The minimum Gasteiger partial charge on any atom is -0.392 e. The molecular formula is C16H26ClN3O. The topological polar surface area (TPSA) is 38.7 Å². The van der Waals surface area contributed by atoms with Gasteiger partial charge in [-0.1, -0.05) is 18.2 Å². The van der Waals surface area contributed by atoms with Gasteiger partial charge in [-0.2, -0.15) is 0 Å². The van der Waals surface area contributed by atoms with Crippen molar-refractivity contribution in [2.45, 2.75) is 26.0 Å². The van der Waals surface area contributed by atoms with Gasteiger partial charge < -0.3 is 10.4 Å². The Labute approximate surface area is 133 Å². The number of nitrogens with zero attached hydrogens (tertiary/aromatic N) is 2. The summed E-state index contributed by atoms with van der Waals surface area (Å²) in [5.74, 6) is 0. The number of β-amino-alcohol motifs (C(OH)–C–C–N with tert-alkyl or cyclic N) is 1. The van der Waals surface area contributed by atoms with Crippen LogP contribution in [0.25, 0.3) is 0 Å². The van der Waals surface area contributed by atoms with Gasteiger partial charge in [0.25, 0.3) is 0 Å². The van der Waals surface area contributed by atoms with Crippen LogP contribution in [-0.4, -0.2) is 60.3 Å². The normalized spacial score (nSPS) is 20.5. The molecule has 0 bridgehead atoms. The second-order valence-corrected chi connectivity index (χ2v) is 6.05. The maximum Gasteiger partial charge on any atom is 0.0639 e. The molecule has 1 aromatic rings. The summed E-state index contributed by atoms with van der Waals surface area (Å²) in [7, 11) is 0. The number of anilines is 1. The summed E-state index contributed by atoms with van der Waals surface area (Å²) < 4.78 is 0. The number of hydrogen-bond acceptors (Lipinski definition) is 4. The molecule has 0 aromatic heterocycles. The first-order chi connectivity index (χ1) is 9.72. The molecular weight excluding hydrogens is 286 g/mol. The van der Waals surface area contributed by atoms with Crippen molar-refractivity contribution in [1.82, 2.24) is 9.80 Å². The van der Waals surface area contributed by atoms with Gasteiger partial charge in [0, 0.05) is 51.5 Å². The van der Waals surface area contributed by atoms with Crippen LogP contribution >= 0.6 is 12.4 Å². The molecule has 1 saturated heterocycles. The van der Waals surface area contributed by atoms with Crippen LogP contribution in [-0.2, 0) is 13.0 Å². The van der Waals surface area contributed by atoms with E-state index in [4.69, 9.17) is 0 Å². The molecule has 1 atom stereocenters. The molecule has 0 spiro atoms. The number of rotatable bonds is 4. The van der Waals surface area contributed by atoms with Crippen molar-refractivity contribution in [1.29, 1.82) is 0 Å². The molecule has 2 aliphatic heterocycles. The van der Waals surface area contributed by atoms with Gasteiger partial charge in [0.15, 0.2) is 0 Å². The lowest BCUT2D eigenvalue weighted by Gasteiger charge is -2.35. The van der Waals surface area contributed by atoms with E-state index in [1.165, 1.54) is 16.8 Å². The van der Waals surface area contributed by atoms with Crippen molar-refractivity contribution in [2.24, 2.45) is 0 Å². The summed E-state index contributed by atoms with van der Waals surface area (Å²) in [5.41, 5.74) is 4.28. The van der Waals surface area contributed by atoms with E-state index in [1.54, 1.807) is 0 Å². The first kappa shape index (κ1) is 16.6. The summed E-state index contributed by atoms with van der Waals surface area (Å²) in [6.07, 6.45) is 0.939. The number of hydrogen-bond donors (Lipinski definition) is 2. The lowest BCUT2D eigenvalue weighted by Crippen LogP contribution is -2.47. The summed E-state index contributed by atoms with van der Waals surface area (Å²) >= 11 is 0. The Morgan fingerprint density at radius 1 is 1.19 bits per heavy atom. The maximum absolute atomic E-state index is 9.45. The van der Waals surface area contributed by atoms with Crippen molar-refractivity contribution in [3.63, 3.8) is 0 Å². The maximum atomic E-state index is 9.45. The minimum atomic E-state index is -0.219. The molecule has 1 aromatic carbocycles. The average Bonchev–Trinajstić information content (AvgIpc) is 2.90. The van der Waals surface area contributed by atoms with Crippen LogP contribution in [0.5, 0.6) is 0 Å². The van der Waals surface area contributed by atoms with E-state index in [0.29, 0.717) is 0 Å². The first-order valence-electron chi connectivity index (χ1n) is 7.70. The molecule has 4 nitrogen and oxygen atoms in total. The summed E-state index contributed by atoms with van der Waals surface area (Å²) in [6.45, 7) is 9.10. The van der Waals surface area contributed by atoms with Crippen LogP contribution in [0.4, 0.5) is 5.69 Å². The summed E-state index contributed by atoms with van der Waals surface area (Å²) in [6, 6.07) is 6.67. The number of benzene rings is 1. The van der Waals surface area contributed by atoms with Crippen molar-refractivity contribution >= 4 is 18.1 Å². The van der Waals surface area contributed by atoms with Crippen LogP contribution in [0.2, 0.25) is 0 Å². The molecule has 0 radical (unpaired) electrons. The number of para-hydroxylation sites is 1. The fraction of sp³-hybridized carbons (Fsp3) is 0.625. The number of nitrogens with one attached hydrogen (secondary N) is 1. The van der Waals surface area contributed by atoms with Crippen molar-refractivity contribution in [2.75, 3.05) is 44.6 Å². The Hall–Kier alpha value is -0.810. The van der Waals surface area contributed by atoms with E-state index in [9.17, 15) is 5.11 Å². The second-order valence-electron chi connectivity index (χ2n) is 6.05. The molecule has 0 amide bonds. The highest BCUT2D eigenvalue weighted by molar-refractivity contribution is 5.85. The van der Waals surface area contributed by atoms with Crippen LogP contribution in [0.3, 0.4) is 0 Å². The van der Waals surface area contributed by atoms with Gasteiger partial charge in [0.05, 0.1) is 6.10 Å². The van der Waals surface area contributed by atoms with E-state index in [2.05, 4.69) is 33.3 Å². The Balaban J connectivity index is 0.00000161. The standard InChI is InChI=1S/C16H25N3O.ClH/c1-13(20)11-18-7-9-19(10-8-18)12-15-4-2-3-14-5-6-17-16(14)15;/h2-4,13,17,20H,5-12H2,1H3;1H/t13-;/m0./s1. The Morgan fingerprint density at radius 3 is 2.62 bits per heavy atom. The van der Waals surface area contributed by atoms with Gasteiger partial charge in [-0.15, -0.1) is 12.4 Å². The Kier molecular flexibility index (Phi) is 5.88. The smallest absolute Gasteiger partial charge is 0.0639 e. The molecule has 5 heteroatoms. The lowest BCUT2D eigenvalue weighted by atomic mass is 10.1. The van der Waals surface area contributed by atoms with Crippen molar-refractivity contribution in [3.8, 4) is 0 Å². The van der Waals surface area contributed by atoms with Crippen molar-refractivity contribution in [3.05, 3.63) is 29.3 Å². The molecule has 118 valence electrons. The number of aliphatic hydroxyl groups excluding tert-OH is 1. The van der Waals surface area contributed by atoms with Gasteiger partial charge in [-0.05, 0) is 24.5 Å². The average molecular weight is 312 g/mol. The number of fused-ring (bicyclic) bond motifs is 1. The highest BCUT2D eigenvalue weighted by Gasteiger charge is 2.20.